The molecule has 2 unspecified atom stereocenters. The summed E-state index contributed by atoms with van der Waals surface area (Å²) in [5.41, 5.74) is 0. The number of aliphatic hydroxyl groups is 2. The molecular formula is C26H34O4. The minimum atomic E-state index is -0.480. The zero-order valence-corrected chi connectivity index (χ0v) is 18.1. The molecule has 0 bridgehead atoms. The molecule has 0 saturated carbocycles. The van der Waals surface area contributed by atoms with E-state index in [0.717, 1.165) is 71.6 Å². The van der Waals surface area contributed by atoms with Gasteiger partial charge in [-0.15, -0.1) is 0 Å². The molecule has 0 spiro atoms. The van der Waals surface area contributed by atoms with Gasteiger partial charge in [-0.1, -0.05) is 88.1 Å². The molecule has 2 N–H and O–H groups in total. The second-order valence-electron chi connectivity index (χ2n) is 7.96. The zero-order chi connectivity index (χ0) is 21.3. The SMILES string of the molecule is CCCCC(O)COc1c2ccccc2c(OCC(O)CCCC)c2ccccc12. The molecule has 0 aliphatic carbocycles. The third-order valence-electron chi connectivity index (χ3n) is 5.45. The molecule has 162 valence electrons. The van der Waals surface area contributed by atoms with Gasteiger partial charge in [-0.25, -0.2) is 0 Å². The lowest BCUT2D eigenvalue weighted by Crippen LogP contribution is -2.18. The van der Waals surface area contributed by atoms with Crippen LogP contribution in [-0.4, -0.2) is 35.6 Å². The summed E-state index contributed by atoms with van der Waals surface area (Å²) in [6.07, 6.45) is 4.60. The molecule has 0 fully saturated rings. The summed E-state index contributed by atoms with van der Waals surface area (Å²) in [6, 6.07) is 16.0. The minimum absolute atomic E-state index is 0.268. The van der Waals surface area contributed by atoms with Gasteiger partial charge in [0.15, 0.2) is 0 Å². The van der Waals surface area contributed by atoms with Crippen molar-refractivity contribution in [2.45, 2.75) is 64.6 Å². The molecule has 3 aromatic carbocycles. The molecule has 4 nitrogen and oxygen atoms in total. The van der Waals surface area contributed by atoms with Crippen molar-refractivity contribution in [2.24, 2.45) is 0 Å². The second-order valence-corrected chi connectivity index (χ2v) is 7.96. The van der Waals surface area contributed by atoms with Gasteiger partial charge in [-0.2, -0.15) is 0 Å². The maximum Gasteiger partial charge on any atom is 0.135 e. The summed E-state index contributed by atoms with van der Waals surface area (Å²) in [4.78, 5) is 0. The molecule has 0 aliphatic heterocycles. The Balaban J connectivity index is 1.96. The predicted molar refractivity (Wildman–Crippen MR) is 124 cm³/mol. The van der Waals surface area contributed by atoms with Crippen molar-refractivity contribution in [3.05, 3.63) is 48.5 Å². The van der Waals surface area contributed by atoms with Crippen LogP contribution in [0.3, 0.4) is 0 Å². The van der Waals surface area contributed by atoms with Crippen molar-refractivity contribution >= 4 is 21.5 Å². The first-order chi connectivity index (χ1) is 14.7. The quantitative estimate of drug-likeness (QED) is 0.368. The molecule has 4 heteroatoms. The highest BCUT2D eigenvalue weighted by atomic mass is 16.5. The first kappa shape index (κ1) is 22.4. The first-order valence-electron chi connectivity index (χ1n) is 11.2. The van der Waals surface area contributed by atoms with Gasteiger partial charge in [0.2, 0.25) is 0 Å². The van der Waals surface area contributed by atoms with Crippen molar-refractivity contribution in [3.63, 3.8) is 0 Å². The standard InChI is InChI=1S/C26H34O4/c1-3-5-11-19(27)17-29-25-21-13-7-9-15-23(21)26(24-16-10-8-14-22(24)25)30-18-20(28)12-6-4-2/h7-10,13-16,19-20,27-28H,3-6,11-12,17-18H2,1-2H3. The van der Waals surface area contributed by atoms with Crippen molar-refractivity contribution in [3.8, 4) is 11.5 Å². The van der Waals surface area contributed by atoms with E-state index in [-0.39, 0.29) is 13.2 Å². The molecule has 0 amide bonds. The van der Waals surface area contributed by atoms with Crippen LogP contribution in [-0.2, 0) is 0 Å². The molecule has 0 saturated heterocycles. The predicted octanol–water partition coefficient (Wildman–Crippen LogP) is 5.85. The number of aliphatic hydroxyl groups excluding tert-OH is 2. The Morgan fingerprint density at radius 1 is 0.633 bits per heavy atom. The van der Waals surface area contributed by atoms with Crippen LogP contribution in [0, 0.1) is 0 Å². The van der Waals surface area contributed by atoms with Crippen molar-refractivity contribution < 1.29 is 19.7 Å². The Bertz CT molecular complexity index is 804. The third-order valence-corrected chi connectivity index (χ3v) is 5.45. The van der Waals surface area contributed by atoms with Crippen LogP contribution < -0.4 is 9.47 Å². The summed E-state index contributed by atoms with van der Waals surface area (Å²) in [6.45, 7) is 4.77. The van der Waals surface area contributed by atoms with Crippen molar-refractivity contribution in [2.75, 3.05) is 13.2 Å². The largest absolute Gasteiger partial charge is 0.490 e. The molecule has 0 aliphatic rings. The summed E-state index contributed by atoms with van der Waals surface area (Å²) in [5, 5.41) is 24.4. The first-order valence-corrected chi connectivity index (χ1v) is 11.2. The lowest BCUT2D eigenvalue weighted by atomic mass is 10.0. The average Bonchev–Trinajstić information content (AvgIpc) is 2.78. The van der Waals surface area contributed by atoms with Crippen LogP contribution in [0.5, 0.6) is 11.5 Å². The maximum atomic E-state index is 10.3. The van der Waals surface area contributed by atoms with Crippen molar-refractivity contribution in [1.29, 1.82) is 0 Å². The van der Waals surface area contributed by atoms with Crippen molar-refractivity contribution in [1.82, 2.24) is 0 Å². The molecular weight excluding hydrogens is 376 g/mol. The molecule has 3 aromatic rings. The van der Waals surface area contributed by atoms with Gasteiger partial charge in [-0.05, 0) is 12.8 Å². The summed E-state index contributed by atoms with van der Waals surface area (Å²) in [7, 11) is 0. The van der Waals surface area contributed by atoms with Crippen LogP contribution in [0.25, 0.3) is 21.5 Å². The minimum Gasteiger partial charge on any atom is -0.490 e. The van der Waals surface area contributed by atoms with Gasteiger partial charge >= 0.3 is 0 Å². The number of rotatable bonds is 12. The molecule has 3 rings (SSSR count). The van der Waals surface area contributed by atoms with Crippen LogP contribution in [0.15, 0.2) is 48.5 Å². The lowest BCUT2D eigenvalue weighted by Gasteiger charge is -2.20. The maximum absolute atomic E-state index is 10.3. The normalized spacial score (nSPS) is 13.5. The zero-order valence-electron chi connectivity index (χ0n) is 18.1. The van der Waals surface area contributed by atoms with Crippen LogP contribution >= 0.6 is 0 Å². The van der Waals surface area contributed by atoms with Gasteiger partial charge < -0.3 is 19.7 Å². The number of benzene rings is 3. The highest BCUT2D eigenvalue weighted by Gasteiger charge is 2.17. The van der Waals surface area contributed by atoms with Crippen LogP contribution in [0.2, 0.25) is 0 Å². The van der Waals surface area contributed by atoms with Crippen LogP contribution in [0.1, 0.15) is 52.4 Å². The number of fused-ring (bicyclic) bond motifs is 2. The van der Waals surface area contributed by atoms with Gasteiger partial charge in [-0.3, -0.25) is 0 Å². The Kier molecular flexibility index (Phi) is 8.35. The van der Waals surface area contributed by atoms with Gasteiger partial charge in [0.1, 0.15) is 24.7 Å². The molecule has 0 aromatic heterocycles. The average molecular weight is 411 g/mol. The van der Waals surface area contributed by atoms with Crippen LogP contribution in [0.4, 0.5) is 0 Å². The van der Waals surface area contributed by atoms with E-state index in [9.17, 15) is 10.2 Å². The highest BCUT2D eigenvalue weighted by molar-refractivity contribution is 6.11. The number of hydrogen-bond acceptors (Lipinski definition) is 4. The third kappa shape index (κ3) is 5.44. The number of hydrogen-bond donors (Lipinski definition) is 2. The lowest BCUT2D eigenvalue weighted by molar-refractivity contribution is 0.0983. The topological polar surface area (TPSA) is 58.9 Å². The van der Waals surface area contributed by atoms with Gasteiger partial charge in [0.25, 0.3) is 0 Å². The van der Waals surface area contributed by atoms with E-state index in [2.05, 4.69) is 13.8 Å². The summed E-state index contributed by atoms with van der Waals surface area (Å²) in [5.74, 6) is 1.55. The number of ether oxygens (including phenoxy) is 2. The fraction of sp³-hybridized carbons (Fsp3) is 0.462. The van der Waals surface area contributed by atoms with E-state index in [1.165, 1.54) is 0 Å². The van der Waals surface area contributed by atoms with E-state index in [4.69, 9.17) is 9.47 Å². The molecule has 0 heterocycles. The summed E-state index contributed by atoms with van der Waals surface area (Å²) < 4.78 is 12.3. The smallest absolute Gasteiger partial charge is 0.135 e. The van der Waals surface area contributed by atoms with Gasteiger partial charge in [0.05, 0.1) is 12.2 Å². The van der Waals surface area contributed by atoms with E-state index < -0.39 is 12.2 Å². The Hall–Kier alpha value is -2.30. The van der Waals surface area contributed by atoms with E-state index >= 15 is 0 Å². The van der Waals surface area contributed by atoms with E-state index in [0.29, 0.717) is 0 Å². The monoisotopic (exact) mass is 410 g/mol. The summed E-state index contributed by atoms with van der Waals surface area (Å²) >= 11 is 0. The van der Waals surface area contributed by atoms with E-state index in [1.54, 1.807) is 0 Å². The van der Waals surface area contributed by atoms with E-state index in [1.807, 2.05) is 48.5 Å². The Morgan fingerprint density at radius 3 is 1.27 bits per heavy atom. The second kappa shape index (κ2) is 11.2. The fourth-order valence-corrected chi connectivity index (χ4v) is 3.76. The Labute approximate surface area is 179 Å². The van der Waals surface area contributed by atoms with Gasteiger partial charge in [0, 0.05) is 21.5 Å². The fourth-order valence-electron chi connectivity index (χ4n) is 3.76. The Morgan fingerprint density at radius 2 is 0.967 bits per heavy atom. The number of unbranched alkanes of at least 4 members (excludes halogenated alkanes) is 2. The highest BCUT2D eigenvalue weighted by Crippen LogP contribution is 2.42. The molecule has 0 radical (unpaired) electrons. The molecule has 30 heavy (non-hydrogen) atoms. The molecule has 2 atom stereocenters.